The van der Waals surface area contributed by atoms with E-state index in [1.165, 1.54) is 54.6 Å². The van der Waals surface area contributed by atoms with Gasteiger partial charge >= 0.3 is 0 Å². The van der Waals surface area contributed by atoms with Crippen molar-refractivity contribution in [1.29, 1.82) is 0 Å². The molecule has 0 saturated carbocycles. The fourth-order valence-electron chi connectivity index (χ4n) is 6.78. The summed E-state index contributed by atoms with van der Waals surface area (Å²) in [6.45, 7) is 3.84. The summed E-state index contributed by atoms with van der Waals surface area (Å²) in [4.78, 5) is 0.0460. The summed E-state index contributed by atoms with van der Waals surface area (Å²) in [5.41, 5.74) is 4.90. The zero-order valence-corrected chi connectivity index (χ0v) is 37.4. The number of hydrogen-bond acceptors (Lipinski definition) is 10. The predicted octanol–water partition coefficient (Wildman–Crippen LogP) is 9.95. The number of aliphatic hydroxyl groups is 2. The molecule has 0 atom stereocenters. The summed E-state index contributed by atoms with van der Waals surface area (Å²) in [6, 6.07) is 40.2. The van der Waals surface area contributed by atoms with Gasteiger partial charge in [0.25, 0.3) is 20.2 Å². The van der Waals surface area contributed by atoms with Crippen molar-refractivity contribution in [2.75, 3.05) is 26.4 Å². The second kappa shape index (κ2) is 24.5. The quantitative estimate of drug-likeness (QED) is 0.0632. The van der Waals surface area contributed by atoms with Crippen molar-refractivity contribution in [1.82, 2.24) is 0 Å². The van der Waals surface area contributed by atoms with Crippen LogP contribution in [0.4, 0.5) is 8.78 Å². The van der Waals surface area contributed by atoms with Gasteiger partial charge in [0.05, 0.1) is 23.0 Å². The van der Waals surface area contributed by atoms with Gasteiger partial charge in [-0.15, -0.1) is 0 Å². The van der Waals surface area contributed by atoms with Crippen LogP contribution in [0.3, 0.4) is 0 Å². The largest absolute Gasteiger partial charge is 0.489 e. The summed E-state index contributed by atoms with van der Waals surface area (Å²) >= 11 is 0. The molecule has 6 aromatic carbocycles. The Morgan fingerprint density at radius 3 is 1.20 bits per heavy atom. The molecular weight excluding hydrogens is 863 g/mol. The summed E-state index contributed by atoms with van der Waals surface area (Å²) in [7, 11) is -8.07. The van der Waals surface area contributed by atoms with Crippen LogP contribution in [0.15, 0.2) is 155 Å². The Bertz CT molecular complexity index is 2470. The van der Waals surface area contributed by atoms with Crippen LogP contribution in [0.2, 0.25) is 0 Å². The molecule has 0 unspecified atom stereocenters. The molecule has 6 rings (SSSR count). The molecule has 340 valence electrons. The van der Waals surface area contributed by atoms with E-state index in [-0.39, 0.29) is 67.4 Å². The summed E-state index contributed by atoms with van der Waals surface area (Å²) in [5.74, 6) is -0.541. The van der Waals surface area contributed by atoms with Crippen molar-refractivity contribution in [2.24, 2.45) is 0 Å². The highest BCUT2D eigenvalue weighted by Crippen LogP contribution is 2.35. The monoisotopic (exact) mass is 916 g/mol. The number of halogens is 2. The van der Waals surface area contributed by atoms with E-state index in [2.05, 4.69) is 0 Å². The highest BCUT2D eigenvalue weighted by Gasteiger charge is 2.23. The van der Waals surface area contributed by atoms with Crippen LogP contribution in [0.5, 0.6) is 11.5 Å². The Morgan fingerprint density at radius 2 is 0.844 bits per heavy atom. The molecule has 0 bridgehead atoms. The molecule has 14 heteroatoms. The number of benzene rings is 6. The Hall–Kier alpha value is -5.48. The number of ether oxygens (including phenoxy) is 2. The summed E-state index contributed by atoms with van der Waals surface area (Å²) in [6.07, 6.45) is 1.19. The summed E-state index contributed by atoms with van der Waals surface area (Å²) < 4.78 is 102. The van der Waals surface area contributed by atoms with E-state index in [0.29, 0.717) is 42.1 Å². The van der Waals surface area contributed by atoms with Gasteiger partial charge < -0.3 is 19.7 Å². The highest BCUT2D eigenvalue weighted by molar-refractivity contribution is 7.87. The molecule has 0 aromatic heterocycles. The molecule has 2 N–H and O–H groups in total. The maximum absolute atomic E-state index is 14.5. The van der Waals surface area contributed by atoms with Crippen LogP contribution < -0.4 is 9.47 Å². The first-order valence-electron chi connectivity index (χ1n) is 20.8. The second-order valence-corrected chi connectivity index (χ2v) is 18.3. The molecule has 0 amide bonds. The number of aryl methyl sites for hydroxylation is 2. The maximum Gasteiger partial charge on any atom is 0.296 e. The van der Waals surface area contributed by atoms with Crippen LogP contribution >= 0.6 is 0 Å². The normalized spacial score (nSPS) is 11.6. The van der Waals surface area contributed by atoms with E-state index in [9.17, 15) is 35.8 Å². The first-order valence-corrected chi connectivity index (χ1v) is 23.7. The third-order valence-corrected chi connectivity index (χ3v) is 12.9. The van der Waals surface area contributed by atoms with E-state index in [0.717, 1.165) is 22.3 Å². The zero-order chi connectivity index (χ0) is 46.0. The van der Waals surface area contributed by atoms with Crippen LogP contribution in [-0.4, -0.2) is 53.5 Å². The van der Waals surface area contributed by atoms with Gasteiger partial charge in [-0.25, -0.2) is 8.78 Å². The first kappa shape index (κ1) is 49.5. The highest BCUT2D eigenvalue weighted by atomic mass is 32.2. The lowest BCUT2D eigenvalue weighted by atomic mass is 9.92. The van der Waals surface area contributed by atoms with Crippen molar-refractivity contribution in [2.45, 2.75) is 74.4 Å². The van der Waals surface area contributed by atoms with Gasteiger partial charge in [-0.3, -0.25) is 8.37 Å². The average molecular weight is 917 g/mol. The van der Waals surface area contributed by atoms with Crippen LogP contribution in [0.1, 0.15) is 70.9 Å². The van der Waals surface area contributed by atoms with Crippen molar-refractivity contribution in [3.63, 3.8) is 0 Å². The predicted molar refractivity (Wildman–Crippen MR) is 241 cm³/mol. The fourth-order valence-corrected chi connectivity index (χ4v) is 8.62. The van der Waals surface area contributed by atoms with Gasteiger partial charge in [-0.2, -0.15) is 16.8 Å². The maximum atomic E-state index is 14.5. The van der Waals surface area contributed by atoms with Crippen molar-refractivity contribution in [3.05, 3.63) is 191 Å². The fraction of sp³-hybridized carbons (Fsp3) is 0.280. The second-order valence-electron chi connectivity index (χ2n) is 15.1. The molecule has 0 aliphatic heterocycles. The standard InChI is InChI=1S/C32H33FO7S2.C18H21FO3/c1-24-8-13-29(14-9-24)41(34,35)39-20-18-27(19-21-40-42(36,37)30-15-10-25(2)11-16-30)31-22-28(33)12-17-32(31)38-23-26-6-4-3-5-7-26;19-16-6-7-18(22-13-14-4-2-1-3-5-14)17(12-16)15(8-10-20)9-11-21/h3-17,22,27H,18-21,23H2,1-2H3;1-7,12,15,20-21H,8-11,13H2. The molecule has 0 spiro atoms. The Labute approximate surface area is 375 Å². The molecule has 0 fully saturated rings. The average Bonchev–Trinajstić information content (AvgIpc) is 3.29. The van der Waals surface area contributed by atoms with Crippen molar-refractivity contribution < 1.29 is 53.7 Å². The van der Waals surface area contributed by atoms with Gasteiger partial charge in [0.2, 0.25) is 0 Å². The van der Waals surface area contributed by atoms with Gasteiger partial charge in [0.1, 0.15) is 36.3 Å². The molecule has 6 aromatic rings. The molecule has 64 heavy (non-hydrogen) atoms. The lowest BCUT2D eigenvalue weighted by Crippen LogP contribution is -2.15. The number of rotatable bonds is 22. The first-order chi connectivity index (χ1) is 30.8. The van der Waals surface area contributed by atoms with Gasteiger partial charge in [0.15, 0.2) is 0 Å². The van der Waals surface area contributed by atoms with E-state index >= 15 is 0 Å². The molecular formula is C50H54F2O10S2. The molecule has 0 aliphatic rings. The topological polar surface area (TPSA) is 146 Å². The number of aliphatic hydroxyl groups excluding tert-OH is 2. The Kier molecular flexibility index (Phi) is 19.0. The summed E-state index contributed by atoms with van der Waals surface area (Å²) in [5, 5.41) is 18.4. The minimum absolute atomic E-state index is 0.0146. The van der Waals surface area contributed by atoms with Gasteiger partial charge in [-0.05, 0) is 123 Å². The molecule has 0 radical (unpaired) electrons. The van der Waals surface area contributed by atoms with Crippen LogP contribution in [0.25, 0.3) is 0 Å². The van der Waals surface area contributed by atoms with Crippen LogP contribution in [-0.2, 0) is 41.8 Å². The van der Waals surface area contributed by atoms with Gasteiger partial charge in [0, 0.05) is 24.3 Å². The van der Waals surface area contributed by atoms with Crippen molar-refractivity contribution in [3.8, 4) is 11.5 Å². The van der Waals surface area contributed by atoms with E-state index in [1.54, 1.807) is 30.3 Å². The van der Waals surface area contributed by atoms with E-state index in [1.807, 2.05) is 74.5 Å². The molecule has 10 nitrogen and oxygen atoms in total. The minimum atomic E-state index is -4.04. The van der Waals surface area contributed by atoms with Crippen molar-refractivity contribution >= 4 is 20.2 Å². The number of hydrogen-bond donors (Lipinski definition) is 2. The van der Waals surface area contributed by atoms with Crippen LogP contribution in [0, 0.1) is 25.5 Å². The lowest BCUT2D eigenvalue weighted by molar-refractivity contribution is 0.237. The lowest BCUT2D eigenvalue weighted by Gasteiger charge is -2.21. The third-order valence-electron chi connectivity index (χ3n) is 10.3. The Balaban J connectivity index is 0.000000294. The molecule has 0 aliphatic carbocycles. The van der Waals surface area contributed by atoms with E-state index < -0.39 is 32.0 Å². The van der Waals surface area contributed by atoms with E-state index in [4.69, 9.17) is 17.8 Å². The van der Waals surface area contributed by atoms with Gasteiger partial charge in [-0.1, -0.05) is 96.1 Å². The third kappa shape index (κ3) is 15.4. The SMILES string of the molecule is Cc1ccc(S(=O)(=O)OCCC(CCOS(=O)(=O)c2ccc(C)cc2)c2cc(F)ccc2OCc2ccccc2)cc1.OCCC(CCO)c1cc(F)ccc1OCc1ccccc1. The smallest absolute Gasteiger partial charge is 0.296 e. The molecule has 0 saturated heterocycles. The molecule has 0 heterocycles. The Morgan fingerprint density at radius 1 is 0.484 bits per heavy atom. The minimum Gasteiger partial charge on any atom is -0.489 e. The zero-order valence-electron chi connectivity index (χ0n) is 35.8.